The maximum atomic E-state index is 11.3. The molecular formula is C14H15BrN4O2. The Balaban J connectivity index is 2.12. The molecule has 1 atom stereocenters. The van der Waals surface area contributed by atoms with Crippen LogP contribution in [0, 0.1) is 16.0 Å². The zero-order valence-electron chi connectivity index (χ0n) is 11.3. The van der Waals surface area contributed by atoms with Gasteiger partial charge in [-0.25, -0.2) is 4.98 Å². The fourth-order valence-electron chi connectivity index (χ4n) is 2.50. The van der Waals surface area contributed by atoms with Gasteiger partial charge < -0.3 is 11.1 Å². The third-order valence-electron chi connectivity index (χ3n) is 3.78. The number of nitrogens with zero attached hydrogens (tertiary/aromatic N) is 2. The molecule has 7 heteroatoms. The van der Waals surface area contributed by atoms with Crippen LogP contribution in [0.4, 0.5) is 11.4 Å². The summed E-state index contributed by atoms with van der Waals surface area (Å²) in [5.41, 5.74) is 7.02. The molecule has 1 heterocycles. The third kappa shape index (κ3) is 2.84. The molecule has 1 unspecified atom stereocenters. The molecular weight excluding hydrogens is 336 g/mol. The average molecular weight is 351 g/mol. The summed E-state index contributed by atoms with van der Waals surface area (Å²) < 4.78 is 0.857. The van der Waals surface area contributed by atoms with Gasteiger partial charge in [-0.2, -0.15) is 0 Å². The molecule has 0 saturated heterocycles. The van der Waals surface area contributed by atoms with Gasteiger partial charge >= 0.3 is 5.69 Å². The van der Waals surface area contributed by atoms with Crippen molar-refractivity contribution < 1.29 is 4.92 Å². The zero-order valence-corrected chi connectivity index (χ0v) is 12.8. The van der Waals surface area contributed by atoms with Gasteiger partial charge in [-0.1, -0.05) is 15.9 Å². The summed E-state index contributed by atoms with van der Waals surface area (Å²) in [5.74, 6) is 0.505. The highest BCUT2D eigenvalue weighted by atomic mass is 79.9. The molecule has 1 aliphatic carbocycles. The molecule has 2 aromatic rings. The number of nitrogens with two attached hydrogens (primary N) is 1. The molecule has 0 amide bonds. The molecule has 110 valence electrons. The lowest BCUT2D eigenvalue weighted by Gasteiger charge is -2.18. The van der Waals surface area contributed by atoms with E-state index < -0.39 is 4.92 Å². The van der Waals surface area contributed by atoms with Gasteiger partial charge in [-0.05, 0) is 37.0 Å². The second kappa shape index (κ2) is 5.57. The number of nitrogens with one attached hydrogen (secondary N) is 1. The summed E-state index contributed by atoms with van der Waals surface area (Å²) in [6.45, 7) is 0.458. The van der Waals surface area contributed by atoms with Gasteiger partial charge in [0.05, 0.1) is 10.4 Å². The number of aromatic nitrogens is 1. The minimum Gasteiger partial charge on any atom is -0.375 e. The van der Waals surface area contributed by atoms with E-state index in [1.165, 1.54) is 6.20 Å². The van der Waals surface area contributed by atoms with Crippen LogP contribution in [0.25, 0.3) is 10.9 Å². The Labute approximate surface area is 130 Å². The van der Waals surface area contributed by atoms with E-state index in [9.17, 15) is 10.1 Å². The lowest BCUT2D eigenvalue weighted by molar-refractivity contribution is -0.384. The van der Waals surface area contributed by atoms with E-state index in [-0.39, 0.29) is 11.7 Å². The molecule has 3 rings (SSSR count). The van der Waals surface area contributed by atoms with Crippen LogP contribution in [-0.2, 0) is 0 Å². The predicted octanol–water partition coefficient (Wildman–Crippen LogP) is 3.05. The number of benzene rings is 1. The summed E-state index contributed by atoms with van der Waals surface area (Å²) in [5, 5.41) is 15.3. The molecule has 3 N–H and O–H groups in total. The number of hydrogen-bond donors (Lipinski definition) is 2. The van der Waals surface area contributed by atoms with E-state index in [0.29, 0.717) is 18.2 Å². The quantitative estimate of drug-likeness (QED) is 0.638. The molecule has 0 aliphatic heterocycles. The number of rotatable bonds is 5. The van der Waals surface area contributed by atoms with Gasteiger partial charge in [0.15, 0.2) is 0 Å². The van der Waals surface area contributed by atoms with Gasteiger partial charge in [0, 0.05) is 22.4 Å². The number of halogens is 1. The van der Waals surface area contributed by atoms with Crippen LogP contribution in [-0.4, -0.2) is 22.5 Å². The highest BCUT2D eigenvalue weighted by Gasteiger charge is 2.32. The number of pyridine rings is 1. The molecule has 21 heavy (non-hydrogen) atoms. The maximum Gasteiger partial charge on any atom is 0.311 e. The van der Waals surface area contributed by atoms with Crippen molar-refractivity contribution in [2.45, 2.75) is 18.9 Å². The monoisotopic (exact) mass is 350 g/mol. The Bertz CT molecular complexity index is 703. The molecule has 1 saturated carbocycles. The first-order valence-electron chi connectivity index (χ1n) is 6.79. The fraction of sp³-hybridized carbons (Fsp3) is 0.357. The van der Waals surface area contributed by atoms with Gasteiger partial charge in [0.25, 0.3) is 0 Å². The van der Waals surface area contributed by atoms with E-state index in [1.807, 2.05) is 18.2 Å². The Morgan fingerprint density at radius 1 is 1.52 bits per heavy atom. The van der Waals surface area contributed by atoms with Crippen molar-refractivity contribution in [2.75, 3.05) is 11.9 Å². The van der Waals surface area contributed by atoms with Crippen molar-refractivity contribution in [3.63, 3.8) is 0 Å². The molecule has 0 radical (unpaired) electrons. The molecule has 1 fully saturated rings. The van der Waals surface area contributed by atoms with Crippen LogP contribution in [0.5, 0.6) is 0 Å². The number of anilines is 1. The predicted molar refractivity (Wildman–Crippen MR) is 85.3 cm³/mol. The van der Waals surface area contributed by atoms with Crippen LogP contribution in [0.3, 0.4) is 0 Å². The first kappa shape index (κ1) is 14.2. The number of nitro groups is 1. The fourth-order valence-corrected chi connectivity index (χ4v) is 2.86. The van der Waals surface area contributed by atoms with E-state index in [1.54, 1.807) is 0 Å². The summed E-state index contributed by atoms with van der Waals surface area (Å²) in [6, 6.07) is 5.61. The summed E-state index contributed by atoms with van der Waals surface area (Å²) >= 11 is 3.40. The van der Waals surface area contributed by atoms with Crippen LogP contribution >= 0.6 is 15.9 Å². The van der Waals surface area contributed by atoms with E-state index in [0.717, 1.165) is 28.2 Å². The molecule has 1 aliphatic rings. The van der Waals surface area contributed by atoms with Gasteiger partial charge in [-0.15, -0.1) is 0 Å². The van der Waals surface area contributed by atoms with Crippen LogP contribution in [0.2, 0.25) is 0 Å². The first-order valence-corrected chi connectivity index (χ1v) is 7.58. The van der Waals surface area contributed by atoms with E-state index >= 15 is 0 Å². The standard InChI is InChI=1S/C14H15BrN4O2/c15-9-3-4-11-10(5-9)14(13(7-17-11)19(20)21)18-12(6-16)8-1-2-8/h3-5,7-8,12H,1-2,6,16H2,(H,17,18). The number of hydrogen-bond acceptors (Lipinski definition) is 5. The largest absolute Gasteiger partial charge is 0.375 e. The minimum absolute atomic E-state index is 0.0142. The molecule has 1 aromatic heterocycles. The van der Waals surface area contributed by atoms with Crippen LogP contribution in [0.15, 0.2) is 28.9 Å². The molecule has 0 bridgehead atoms. The van der Waals surface area contributed by atoms with Crippen molar-refractivity contribution in [2.24, 2.45) is 11.7 Å². The summed E-state index contributed by atoms with van der Waals surface area (Å²) in [7, 11) is 0. The lowest BCUT2D eigenvalue weighted by atomic mass is 10.1. The number of fused-ring (bicyclic) bond motifs is 1. The van der Waals surface area contributed by atoms with Crippen LogP contribution in [0.1, 0.15) is 12.8 Å². The zero-order chi connectivity index (χ0) is 15.0. The smallest absolute Gasteiger partial charge is 0.311 e. The highest BCUT2D eigenvalue weighted by Crippen LogP contribution is 2.38. The Kier molecular flexibility index (Phi) is 3.77. The summed E-state index contributed by atoms with van der Waals surface area (Å²) in [6.07, 6.45) is 3.55. The Morgan fingerprint density at radius 3 is 2.90 bits per heavy atom. The van der Waals surface area contributed by atoms with Crippen molar-refractivity contribution in [1.29, 1.82) is 0 Å². The SMILES string of the molecule is NCC(Nc1c([N+](=O)[O-])cnc2ccc(Br)cc12)C1CC1. The van der Waals surface area contributed by atoms with Crippen molar-refractivity contribution in [3.8, 4) is 0 Å². The molecule has 1 aromatic carbocycles. The third-order valence-corrected chi connectivity index (χ3v) is 4.27. The summed E-state index contributed by atoms with van der Waals surface area (Å²) in [4.78, 5) is 15.0. The minimum atomic E-state index is -0.407. The Hall–Kier alpha value is -1.73. The van der Waals surface area contributed by atoms with Gasteiger partial charge in [-0.3, -0.25) is 10.1 Å². The lowest BCUT2D eigenvalue weighted by Crippen LogP contribution is -2.31. The molecule has 0 spiro atoms. The Morgan fingerprint density at radius 2 is 2.29 bits per heavy atom. The second-order valence-electron chi connectivity index (χ2n) is 5.26. The topological polar surface area (TPSA) is 94.1 Å². The van der Waals surface area contributed by atoms with E-state index in [2.05, 4.69) is 26.2 Å². The van der Waals surface area contributed by atoms with Crippen molar-refractivity contribution >= 4 is 38.2 Å². The van der Waals surface area contributed by atoms with Gasteiger partial charge in [0.1, 0.15) is 11.9 Å². The van der Waals surface area contributed by atoms with Crippen molar-refractivity contribution in [1.82, 2.24) is 4.98 Å². The average Bonchev–Trinajstić information content (AvgIpc) is 3.28. The highest BCUT2D eigenvalue weighted by molar-refractivity contribution is 9.10. The van der Waals surface area contributed by atoms with Gasteiger partial charge in [0.2, 0.25) is 0 Å². The second-order valence-corrected chi connectivity index (χ2v) is 6.18. The normalized spacial score (nSPS) is 15.9. The first-order chi connectivity index (χ1) is 10.1. The van der Waals surface area contributed by atoms with Crippen LogP contribution < -0.4 is 11.1 Å². The van der Waals surface area contributed by atoms with Crippen molar-refractivity contribution in [3.05, 3.63) is 39.0 Å². The maximum absolute atomic E-state index is 11.3. The van der Waals surface area contributed by atoms with E-state index in [4.69, 9.17) is 5.73 Å². The molecule has 6 nitrogen and oxygen atoms in total.